The molecule has 0 amide bonds. The Morgan fingerprint density at radius 3 is 3.00 bits per heavy atom. The van der Waals surface area contributed by atoms with Crippen molar-refractivity contribution in [2.45, 2.75) is 6.85 Å². The van der Waals surface area contributed by atoms with E-state index < -0.39 is 6.85 Å². The molecule has 0 aromatic carbocycles. The summed E-state index contributed by atoms with van der Waals surface area (Å²) < 4.78 is 23.0. The molecule has 1 heterocycles. The second kappa shape index (κ2) is 1.95. The summed E-state index contributed by atoms with van der Waals surface area (Å²) in [5, 5.41) is 0. The van der Waals surface area contributed by atoms with Crippen LogP contribution in [0.1, 0.15) is 9.81 Å². The van der Waals surface area contributed by atoms with E-state index in [0.717, 1.165) is 0 Å². The van der Waals surface area contributed by atoms with Gasteiger partial charge in [0.1, 0.15) is 7.05 Å². The van der Waals surface area contributed by atoms with Crippen LogP contribution < -0.4 is 4.57 Å². The number of aryl methyl sites for hydroxylation is 2. The minimum Gasteiger partial charge on any atom is -0.205 e. The molecule has 0 bridgehead atoms. The molecule has 0 spiro atoms. The van der Waals surface area contributed by atoms with Crippen molar-refractivity contribution < 1.29 is 8.68 Å². The first-order valence-electron chi connectivity index (χ1n) is 3.97. The predicted molar refractivity (Wildman–Crippen MR) is 32.4 cm³/mol. The molecular formula is C7H10N+. The Morgan fingerprint density at radius 2 is 2.50 bits per heavy atom. The summed E-state index contributed by atoms with van der Waals surface area (Å²) in [5.74, 6) is 0. The van der Waals surface area contributed by atoms with Crippen molar-refractivity contribution in [3.63, 3.8) is 0 Å². The largest absolute Gasteiger partial charge is 0.205 e. The molecule has 0 unspecified atom stereocenters. The van der Waals surface area contributed by atoms with Crippen LogP contribution in [-0.4, -0.2) is 0 Å². The van der Waals surface area contributed by atoms with Crippen molar-refractivity contribution in [2.75, 3.05) is 0 Å². The molecular weight excluding hydrogens is 98.1 g/mol. The zero-order chi connectivity index (χ0) is 8.48. The second-order valence-corrected chi connectivity index (χ2v) is 1.70. The Kier molecular flexibility index (Phi) is 0.639. The summed E-state index contributed by atoms with van der Waals surface area (Å²) in [4.78, 5) is 0. The van der Waals surface area contributed by atoms with E-state index in [1.165, 1.54) is 0 Å². The molecule has 0 N–H and O–H groups in total. The van der Waals surface area contributed by atoms with Crippen LogP contribution in [0.3, 0.4) is 0 Å². The van der Waals surface area contributed by atoms with Crippen LogP contribution >= 0.6 is 0 Å². The first-order chi connectivity index (χ1) is 5.02. The van der Waals surface area contributed by atoms with E-state index >= 15 is 0 Å². The smallest absolute Gasteiger partial charge is 0.177 e. The Hall–Kier alpha value is -0.850. The van der Waals surface area contributed by atoms with Crippen LogP contribution in [0.4, 0.5) is 0 Å². The normalized spacial score (nSPS) is 16.4. The molecule has 42 valence electrons. The highest BCUT2D eigenvalue weighted by Gasteiger charge is 1.91. The standard InChI is InChI=1S/C7H10N/c1-7-5-3-4-6-8(7)2/h3-6H,1-2H3/q+1/i1D3. The van der Waals surface area contributed by atoms with Crippen molar-refractivity contribution in [3.05, 3.63) is 30.1 Å². The quantitative estimate of drug-likeness (QED) is 0.436. The van der Waals surface area contributed by atoms with Gasteiger partial charge >= 0.3 is 0 Å². The van der Waals surface area contributed by atoms with Gasteiger partial charge in [0, 0.05) is 23.1 Å². The molecule has 0 aliphatic heterocycles. The van der Waals surface area contributed by atoms with Gasteiger partial charge in [-0.1, -0.05) is 6.07 Å². The Labute approximate surface area is 53.8 Å². The van der Waals surface area contributed by atoms with Gasteiger partial charge in [-0.05, 0) is 0 Å². The van der Waals surface area contributed by atoms with E-state index in [-0.39, 0.29) is 0 Å². The lowest BCUT2D eigenvalue weighted by Gasteiger charge is -1.87. The van der Waals surface area contributed by atoms with Gasteiger partial charge in [0.2, 0.25) is 0 Å². The fraction of sp³-hybridized carbons (Fsp3) is 0.286. The molecule has 8 heavy (non-hydrogen) atoms. The summed E-state index contributed by atoms with van der Waals surface area (Å²) in [5.41, 5.74) is 0.361. The number of hydrogen-bond acceptors (Lipinski definition) is 0. The Bertz CT molecular complexity index is 254. The van der Waals surface area contributed by atoms with Crippen LogP contribution in [0.2, 0.25) is 0 Å². The first kappa shape index (κ1) is 2.62. The predicted octanol–water partition coefficient (Wildman–Crippen LogP) is 0.820. The molecule has 1 rings (SSSR count). The molecule has 0 saturated heterocycles. The molecule has 0 radical (unpaired) electrons. The van der Waals surface area contributed by atoms with Gasteiger partial charge in [-0.2, -0.15) is 0 Å². The van der Waals surface area contributed by atoms with Crippen molar-refractivity contribution >= 4 is 0 Å². The Morgan fingerprint density at radius 1 is 1.62 bits per heavy atom. The second-order valence-electron chi connectivity index (χ2n) is 1.70. The summed E-state index contributed by atoms with van der Waals surface area (Å²) in [6.45, 7) is -2.00. The van der Waals surface area contributed by atoms with E-state index in [1.807, 2.05) is 0 Å². The van der Waals surface area contributed by atoms with Crippen LogP contribution in [0.25, 0.3) is 0 Å². The maximum atomic E-state index is 7.13. The number of pyridine rings is 1. The molecule has 0 aliphatic carbocycles. The van der Waals surface area contributed by atoms with Gasteiger partial charge in [0.15, 0.2) is 11.9 Å². The van der Waals surface area contributed by atoms with Gasteiger partial charge < -0.3 is 0 Å². The summed E-state index contributed by atoms with van der Waals surface area (Å²) in [7, 11) is 1.72. The number of nitrogens with zero attached hydrogens (tertiary/aromatic N) is 1. The van der Waals surface area contributed by atoms with Crippen molar-refractivity contribution in [3.8, 4) is 0 Å². The molecule has 1 nitrogen and oxygen atoms in total. The van der Waals surface area contributed by atoms with Crippen LogP contribution in [-0.2, 0) is 7.05 Å². The van der Waals surface area contributed by atoms with E-state index in [4.69, 9.17) is 4.11 Å². The summed E-state index contributed by atoms with van der Waals surface area (Å²) >= 11 is 0. The highest BCUT2D eigenvalue weighted by atomic mass is 14.9. The Balaban J connectivity index is 3.14. The topological polar surface area (TPSA) is 3.88 Å². The lowest BCUT2D eigenvalue weighted by Crippen LogP contribution is -2.30. The van der Waals surface area contributed by atoms with Gasteiger partial charge in [0.05, 0.1) is 0 Å². The van der Waals surface area contributed by atoms with Crippen molar-refractivity contribution in [1.82, 2.24) is 0 Å². The molecule has 1 heteroatoms. The minimum absolute atomic E-state index is 0.361. The van der Waals surface area contributed by atoms with Gasteiger partial charge in [0.25, 0.3) is 0 Å². The van der Waals surface area contributed by atoms with Gasteiger partial charge in [-0.15, -0.1) is 0 Å². The SMILES string of the molecule is [2H]C([2H])([2H])c1cccc[n+]1C. The van der Waals surface area contributed by atoms with Gasteiger partial charge in [-0.25, -0.2) is 4.57 Å². The summed E-state index contributed by atoms with van der Waals surface area (Å²) in [6.07, 6.45) is 1.72. The zero-order valence-corrected chi connectivity index (χ0v) is 4.76. The molecule has 0 aliphatic rings. The third kappa shape index (κ3) is 0.861. The first-order valence-corrected chi connectivity index (χ1v) is 2.47. The third-order valence-electron chi connectivity index (χ3n) is 1.05. The molecule has 0 atom stereocenters. The van der Waals surface area contributed by atoms with Crippen molar-refractivity contribution in [2.24, 2.45) is 7.05 Å². The van der Waals surface area contributed by atoms with Crippen molar-refractivity contribution in [1.29, 1.82) is 0 Å². The minimum atomic E-state index is -2.00. The van der Waals surface area contributed by atoms with E-state index in [9.17, 15) is 0 Å². The number of aromatic nitrogens is 1. The number of rotatable bonds is 0. The average molecular weight is 111 g/mol. The lowest BCUT2D eigenvalue weighted by molar-refractivity contribution is -0.677. The maximum absolute atomic E-state index is 7.13. The fourth-order valence-electron chi connectivity index (χ4n) is 0.523. The van der Waals surface area contributed by atoms with E-state index in [2.05, 4.69) is 0 Å². The van der Waals surface area contributed by atoms with Crippen LogP contribution in [0, 0.1) is 6.85 Å². The molecule has 1 aromatic heterocycles. The van der Waals surface area contributed by atoms with Crippen LogP contribution in [0.5, 0.6) is 0 Å². The highest BCUT2D eigenvalue weighted by molar-refractivity contribution is 4.93. The fourth-order valence-corrected chi connectivity index (χ4v) is 0.523. The number of hydrogen-bond donors (Lipinski definition) is 0. The van der Waals surface area contributed by atoms with E-state index in [0.29, 0.717) is 5.69 Å². The lowest BCUT2D eigenvalue weighted by atomic mass is 10.4. The summed E-state index contributed by atoms with van der Waals surface area (Å²) in [6, 6.07) is 5.13. The molecule has 0 saturated carbocycles. The van der Waals surface area contributed by atoms with Gasteiger partial charge in [-0.3, -0.25) is 0 Å². The van der Waals surface area contributed by atoms with E-state index in [1.54, 1.807) is 36.0 Å². The highest BCUT2D eigenvalue weighted by Crippen LogP contribution is 1.83. The zero-order valence-electron chi connectivity index (χ0n) is 7.76. The maximum Gasteiger partial charge on any atom is 0.177 e. The van der Waals surface area contributed by atoms with Crippen LogP contribution in [0.15, 0.2) is 24.4 Å². The third-order valence-corrected chi connectivity index (χ3v) is 1.05. The monoisotopic (exact) mass is 111 g/mol. The molecule has 1 aromatic rings. The molecule has 0 fully saturated rings. The average Bonchev–Trinajstić information content (AvgIpc) is 1.86.